The molecule has 1 saturated carbocycles. The van der Waals surface area contributed by atoms with Gasteiger partial charge >= 0.3 is 0 Å². The SMILES string of the molecule is Cl.NCC(C1CCCC1)N1CCCC1. The number of halogens is 1. The third-order valence-corrected chi connectivity index (χ3v) is 3.80. The van der Waals surface area contributed by atoms with Crippen LogP contribution in [0.2, 0.25) is 0 Å². The van der Waals surface area contributed by atoms with Crippen LogP contribution in [0.4, 0.5) is 0 Å². The second-order valence-electron chi connectivity index (χ2n) is 4.59. The molecule has 0 amide bonds. The van der Waals surface area contributed by atoms with Gasteiger partial charge in [0.15, 0.2) is 0 Å². The molecule has 0 aromatic rings. The van der Waals surface area contributed by atoms with Crippen LogP contribution in [0.5, 0.6) is 0 Å². The minimum absolute atomic E-state index is 0. The summed E-state index contributed by atoms with van der Waals surface area (Å²) in [5, 5.41) is 0. The minimum atomic E-state index is 0. The number of nitrogens with two attached hydrogens (primary N) is 1. The molecule has 0 spiro atoms. The van der Waals surface area contributed by atoms with Gasteiger partial charge in [-0.25, -0.2) is 0 Å². The van der Waals surface area contributed by atoms with E-state index in [0.29, 0.717) is 6.04 Å². The molecule has 2 aliphatic rings. The number of hydrogen-bond donors (Lipinski definition) is 1. The topological polar surface area (TPSA) is 29.3 Å². The van der Waals surface area contributed by atoms with Gasteiger partial charge in [0, 0.05) is 12.6 Å². The van der Waals surface area contributed by atoms with Crippen molar-refractivity contribution in [2.24, 2.45) is 11.7 Å². The molecule has 2 N–H and O–H groups in total. The molecule has 1 aliphatic carbocycles. The van der Waals surface area contributed by atoms with E-state index in [9.17, 15) is 0 Å². The Kier molecular flexibility index (Phi) is 5.21. The normalized spacial score (nSPS) is 26.4. The Hall–Kier alpha value is 0.210. The first kappa shape index (κ1) is 12.3. The van der Waals surface area contributed by atoms with Crippen molar-refractivity contribution in [2.45, 2.75) is 44.6 Å². The second-order valence-corrected chi connectivity index (χ2v) is 4.59. The predicted molar refractivity (Wildman–Crippen MR) is 62.9 cm³/mol. The maximum absolute atomic E-state index is 5.89. The lowest BCUT2D eigenvalue weighted by Crippen LogP contribution is -2.43. The number of rotatable bonds is 3. The molecule has 2 fully saturated rings. The molecule has 14 heavy (non-hydrogen) atoms. The fourth-order valence-corrected chi connectivity index (χ4v) is 3.06. The van der Waals surface area contributed by atoms with Crippen LogP contribution in [0.15, 0.2) is 0 Å². The summed E-state index contributed by atoms with van der Waals surface area (Å²) in [5.74, 6) is 0.920. The zero-order valence-corrected chi connectivity index (χ0v) is 9.77. The largest absolute Gasteiger partial charge is 0.329 e. The molecule has 0 radical (unpaired) electrons. The highest BCUT2D eigenvalue weighted by molar-refractivity contribution is 5.85. The fraction of sp³-hybridized carbons (Fsp3) is 1.00. The summed E-state index contributed by atoms with van der Waals surface area (Å²) in [5.41, 5.74) is 5.89. The predicted octanol–water partition coefficient (Wildman–Crippen LogP) is 2.02. The Morgan fingerprint density at radius 2 is 1.64 bits per heavy atom. The molecule has 2 rings (SSSR count). The van der Waals surface area contributed by atoms with Crippen molar-refractivity contribution in [3.63, 3.8) is 0 Å². The minimum Gasteiger partial charge on any atom is -0.329 e. The molecule has 1 aliphatic heterocycles. The first-order chi connectivity index (χ1) is 6.42. The maximum atomic E-state index is 5.89. The van der Waals surface area contributed by atoms with Gasteiger partial charge in [0.1, 0.15) is 0 Å². The molecular weight excluding hydrogens is 196 g/mol. The van der Waals surface area contributed by atoms with Crippen molar-refractivity contribution in [1.29, 1.82) is 0 Å². The number of nitrogens with zero attached hydrogens (tertiary/aromatic N) is 1. The summed E-state index contributed by atoms with van der Waals surface area (Å²) in [6.07, 6.45) is 8.52. The monoisotopic (exact) mass is 218 g/mol. The summed E-state index contributed by atoms with van der Waals surface area (Å²) < 4.78 is 0. The van der Waals surface area contributed by atoms with E-state index >= 15 is 0 Å². The Morgan fingerprint density at radius 1 is 1.07 bits per heavy atom. The second kappa shape index (κ2) is 5.94. The molecule has 1 saturated heterocycles. The Labute approximate surface area is 93.6 Å². The third-order valence-electron chi connectivity index (χ3n) is 3.80. The highest BCUT2D eigenvalue weighted by Crippen LogP contribution is 2.31. The molecule has 0 aromatic carbocycles. The van der Waals surface area contributed by atoms with Gasteiger partial charge in [-0.2, -0.15) is 0 Å². The lowest BCUT2D eigenvalue weighted by molar-refractivity contribution is 0.181. The van der Waals surface area contributed by atoms with Crippen LogP contribution in [-0.4, -0.2) is 30.6 Å². The molecule has 0 aromatic heterocycles. The third kappa shape index (κ3) is 2.62. The lowest BCUT2D eigenvalue weighted by atomic mass is 9.97. The van der Waals surface area contributed by atoms with Crippen molar-refractivity contribution < 1.29 is 0 Å². The van der Waals surface area contributed by atoms with Crippen molar-refractivity contribution in [2.75, 3.05) is 19.6 Å². The van der Waals surface area contributed by atoms with Gasteiger partial charge in [-0.1, -0.05) is 12.8 Å². The molecule has 3 heteroatoms. The molecule has 84 valence electrons. The van der Waals surface area contributed by atoms with E-state index < -0.39 is 0 Å². The molecule has 2 nitrogen and oxygen atoms in total. The van der Waals surface area contributed by atoms with Crippen LogP contribution in [-0.2, 0) is 0 Å². The molecule has 1 unspecified atom stereocenters. The number of hydrogen-bond acceptors (Lipinski definition) is 2. The van der Waals surface area contributed by atoms with E-state index in [1.165, 1.54) is 51.6 Å². The van der Waals surface area contributed by atoms with E-state index in [0.717, 1.165) is 12.5 Å². The van der Waals surface area contributed by atoms with Crippen molar-refractivity contribution in [1.82, 2.24) is 4.90 Å². The van der Waals surface area contributed by atoms with Crippen LogP contribution in [0, 0.1) is 5.92 Å². The van der Waals surface area contributed by atoms with E-state index in [1.54, 1.807) is 0 Å². The van der Waals surface area contributed by atoms with E-state index in [1.807, 2.05) is 0 Å². The standard InChI is InChI=1S/C11H22N2.ClH/c12-9-11(10-5-1-2-6-10)13-7-3-4-8-13;/h10-11H,1-9,12H2;1H. The Bertz CT molecular complexity index is 135. The summed E-state index contributed by atoms with van der Waals surface area (Å²) >= 11 is 0. The summed E-state index contributed by atoms with van der Waals surface area (Å²) in [6.45, 7) is 3.49. The molecule has 1 heterocycles. The van der Waals surface area contributed by atoms with Gasteiger partial charge in [-0.3, -0.25) is 4.90 Å². The number of likely N-dealkylation sites (tertiary alicyclic amines) is 1. The van der Waals surface area contributed by atoms with Crippen LogP contribution in [0.25, 0.3) is 0 Å². The van der Waals surface area contributed by atoms with Gasteiger partial charge < -0.3 is 5.73 Å². The lowest BCUT2D eigenvalue weighted by Gasteiger charge is -2.31. The average molecular weight is 219 g/mol. The molecule has 0 bridgehead atoms. The van der Waals surface area contributed by atoms with Gasteiger partial charge in [-0.05, 0) is 44.7 Å². The van der Waals surface area contributed by atoms with Gasteiger partial charge in [-0.15, -0.1) is 12.4 Å². The van der Waals surface area contributed by atoms with Crippen LogP contribution >= 0.6 is 12.4 Å². The quantitative estimate of drug-likeness (QED) is 0.786. The van der Waals surface area contributed by atoms with Gasteiger partial charge in [0.2, 0.25) is 0 Å². The fourth-order valence-electron chi connectivity index (χ4n) is 3.06. The Balaban J connectivity index is 0.000000980. The first-order valence-corrected chi connectivity index (χ1v) is 5.86. The van der Waals surface area contributed by atoms with Crippen LogP contribution in [0.3, 0.4) is 0 Å². The van der Waals surface area contributed by atoms with E-state index in [4.69, 9.17) is 5.73 Å². The van der Waals surface area contributed by atoms with Crippen molar-refractivity contribution in [3.8, 4) is 0 Å². The maximum Gasteiger partial charge on any atom is 0.0246 e. The van der Waals surface area contributed by atoms with Gasteiger partial charge in [0.25, 0.3) is 0 Å². The summed E-state index contributed by atoms with van der Waals surface area (Å²) in [4.78, 5) is 2.63. The Morgan fingerprint density at radius 3 is 2.14 bits per heavy atom. The zero-order valence-electron chi connectivity index (χ0n) is 8.95. The van der Waals surface area contributed by atoms with Crippen molar-refractivity contribution in [3.05, 3.63) is 0 Å². The zero-order chi connectivity index (χ0) is 9.10. The van der Waals surface area contributed by atoms with Crippen LogP contribution < -0.4 is 5.73 Å². The van der Waals surface area contributed by atoms with E-state index in [2.05, 4.69) is 4.90 Å². The first-order valence-electron chi connectivity index (χ1n) is 5.86. The molecular formula is C11H23ClN2. The smallest absolute Gasteiger partial charge is 0.0246 e. The average Bonchev–Trinajstić information content (AvgIpc) is 2.76. The molecule has 1 atom stereocenters. The van der Waals surface area contributed by atoms with E-state index in [-0.39, 0.29) is 12.4 Å². The van der Waals surface area contributed by atoms with Crippen LogP contribution in [0.1, 0.15) is 38.5 Å². The highest BCUT2D eigenvalue weighted by atomic mass is 35.5. The summed E-state index contributed by atoms with van der Waals surface area (Å²) in [6, 6.07) is 0.713. The van der Waals surface area contributed by atoms with Gasteiger partial charge in [0.05, 0.1) is 0 Å². The highest BCUT2D eigenvalue weighted by Gasteiger charge is 2.29. The van der Waals surface area contributed by atoms with Crippen molar-refractivity contribution >= 4 is 12.4 Å². The summed E-state index contributed by atoms with van der Waals surface area (Å²) in [7, 11) is 0.